The summed E-state index contributed by atoms with van der Waals surface area (Å²) in [4.78, 5) is 11.1. The van der Waals surface area contributed by atoms with Gasteiger partial charge in [-0.25, -0.2) is 4.79 Å². The zero-order valence-corrected chi connectivity index (χ0v) is 11.7. The molecule has 2 saturated carbocycles. The molecule has 0 radical (unpaired) electrons. The highest BCUT2D eigenvalue weighted by Crippen LogP contribution is 2.56. The van der Waals surface area contributed by atoms with Crippen LogP contribution in [0.2, 0.25) is 0 Å². The third-order valence-electron chi connectivity index (χ3n) is 5.56. The highest BCUT2D eigenvalue weighted by molar-refractivity contribution is 5.86. The van der Waals surface area contributed by atoms with Crippen molar-refractivity contribution in [3.05, 3.63) is 12.2 Å². The highest BCUT2D eigenvalue weighted by Gasteiger charge is 2.55. The summed E-state index contributed by atoms with van der Waals surface area (Å²) in [5, 5.41) is 29.7. The van der Waals surface area contributed by atoms with E-state index in [9.17, 15) is 15.0 Å². The minimum absolute atomic E-state index is 0.00197. The van der Waals surface area contributed by atoms with Gasteiger partial charge in [0.1, 0.15) is 0 Å². The quantitative estimate of drug-likeness (QED) is 0.669. The van der Waals surface area contributed by atoms with Gasteiger partial charge in [-0.2, -0.15) is 0 Å². The topological polar surface area (TPSA) is 77.8 Å². The summed E-state index contributed by atoms with van der Waals surface area (Å²) in [6.07, 6.45) is 3.08. The largest absolute Gasteiger partial charge is 0.478 e. The van der Waals surface area contributed by atoms with Gasteiger partial charge in [-0.05, 0) is 56.3 Å². The molecule has 5 atom stereocenters. The summed E-state index contributed by atoms with van der Waals surface area (Å²) < 4.78 is 0. The molecule has 4 heteroatoms. The molecule has 2 aliphatic carbocycles. The first-order valence-corrected chi connectivity index (χ1v) is 7.01. The molecule has 19 heavy (non-hydrogen) atoms. The van der Waals surface area contributed by atoms with Crippen LogP contribution >= 0.6 is 0 Å². The van der Waals surface area contributed by atoms with Gasteiger partial charge in [0.25, 0.3) is 0 Å². The maximum atomic E-state index is 11.1. The average Bonchev–Trinajstić information content (AvgIpc) is 2.34. The summed E-state index contributed by atoms with van der Waals surface area (Å²) >= 11 is 0. The van der Waals surface area contributed by atoms with Crippen LogP contribution in [0.25, 0.3) is 0 Å². The Labute approximate surface area is 114 Å². The van der Waals surface area contributed by atoms with Crippen LogP contribution in [0.4, 0.5) is 0 Å². The molecule has 4 nitrogen and oxygen atoms in total. The molecule has 0 heterocycles. The molecule has 0 aromatic carbocycles. The molecule has 108 valence electrons. The lowest BCUT2D eigenvalue weighted by atomic mass is 9.52. The molecule has 0 bridgehead atoms. The minimum atomic E-state index is -1.13. The van der Waals surface area contributed by atoms with E-state index in [1.54, 1.807) is 6.92 Å². The number of rotatable bonds is 2. The normalized spacial score (nSPS) is 46.4. The standard InChI is InChI=1S/C15H24O4/c1-9(13(17)18)10-4-6-14(2)7-5-12(16)15(3,19)11(14)8-10/h10-12,16,19H,1,4-8H2,2-3H3,(H,17,18)/t10-,11-,12-,14+,15+/m1/s1. The SMILES string of the molecule is C=C(C(=O)O)[C@@H]1CC[C@@]2(C)CC[C@@H](O)[C@@](C)(O)[C@@H]2C1. The van der Waals surface area contributed by atoms with Crippen LogP contribution in [0, 0.1) is 17.3 Å². The van der Waals surface area contributed by atoms with Gasteiger partial charge >= 0.3 is 5.97 Å². The zero-order valence-electron chi connectivity index (χ0n) is 11.7. The maximum absolute atomic E-state index is 11.1. The Kier molecular flexibility index (Phi) is 3.52. The molecule has 3 N–H and O–H groups in total. The third-order valence-corrected chi connectivity index (χ3v) is 5.56. The van der Waals surface area contributed by atoms with Crippen molar-refractivity contribution >= 4 is 5.97 Å². The zero-order chi connectivity index (χ0) is 14.4. The molecule has 0 spiro atoms. The van der Waals surface area contributed by atoms with E-state index < -0.39 is 17.7 Å². The predicted molar refractivity (Wildman–Crippen MR) is 71.6 cm³/mol. The van der Waals surface area contributed by atoms with Crippen LogP contribution in [0.5, 0.6) is 0 Å². The lowest BCUT2D eigenvalue weighted by Gasteiger charge is -2.55. The number of aliphatic carboxylic acids is 1. The van der Waals surface area contributed by atoms with Gasteiger partial charge in [-0.3, -0.25) is 0 Å². The van der Waals surface area contributed by atoms with Crippen LogP contribution in [0.1, 0.15) is 46.0 Å². The third kappa shape index (κ3) is 2.32. The molecule has 0 aromatic rings. The number of aliphatic hydroxyl groups excluding tert-OH is 1. The maximum Gasteiger partial charge on any atom is 0.331 e. The van der Waals surface area contributed by atoms with Crippen LogP contribution in [-0.4, -0.2) is 33.0 Å². The average molecular weight is 268 g/mol. The van der Waals surface area contributed by atoms with Crippen molar-refractivity contribution < 1.29 is 20.1 Å². The van der Waals surface area contributed by atoms with E-state index in [1.165, 1.54) is 0 Å². The first kappa shape index (κ1) is 14.5. The summed E-state index contributed by atoms with van der Waals surface area (Å²) in [5.74, 6) is -1.12. The van der Waals surface area contributed by atoms with E-state index in [2.05, 4.69) is 13.5 Å². The van der Waals surface area contributed by atoms with Crippen molar-refractivity contribution in [2.24, 2.45) is 17.3 Å². The van der Waals surface area contributed by atoms with Gasteiger partial charge in [0.15, 0.2) is 0 Å². The summed E-state index contributed by atoms with van der Waals surface area (Å²) in [6, 6.07) is 0. The van der Waals surface area contributed by atoms with Crippen molar-refractivity contribution in [1.29, 1.82) is 0 Å². The Morgan fingerprint density at radius 1 is 1.26 bits per heavy atom. The fourth-order valence-corrected chi connectivity index (χ4v) is 4.09. The minimum Gasteiger partial charge on any atom is -0.478 e. The number of carboxylic acids is 1. The number of hydrogen-bond acceptors (Lipinski definition) is 3. The second kappa shape index (κ2) is 4.60. The Morgan fingerprint density at radius 3 is 2.42 bits per heavy atom. The van der Waals surface area contributed by atoms with Crippen LogP contribution in [-0.2, 0) is 4.79 Å². The van der Waals surface area contributed by atoms with E-state index in [1.807, 2.05) is 0 Å². The summed E-state index contributed by atoms with van der Waals surface area (Å²) in [7, 11) is 0. The van der Waals surface area contributed by atoms with Gasteiger partial charge in [0.2, 0.25) is 0 Å². The molecule has 2 rings (SSSR count). The lowest BCUT2D eigenvalue weighted by Crippen LogP contribution is -2.58. The molecular formula is C15H24O4. The fraction of sp³-hybridized carbons (Fsp3) is 0.800. The van der Waals surface area contributed by atoms with Crippen molar-refractivity contribution in [3.63, 3.8) is 0 Å². The second-order valence-electron chi connectivity index (χ2n) is 6.79. The van der Waals surface area contributed by atoms with Gasteiger partial charge in [-0.1, -0.05) is 13.5 Å². The van der Waals surface area contributed by atoms with E-state index in [-0.39, 0.29) is 22.8 Å². The molecule has 2 fully saturated rings. The number of hydrogen-bond donors (Lipinski definition) is 3. The Balaban J connectivity index is 2.24. The van der Waals surface area contributed by atoms with Crippen LogP contribution < -0.4 is 0 Å². The predicted octanol–water partition coefficient (Wildman–Crippen LogP) is 1.96. The molecule has 0 amide bonds. The Bertz CT molecular complexity index is 396. The molecule has 0 saturated heterocycles. The number of fused-ring (bicyclic) bond motifs is 1. The Hall–Kier alpha value is -0.870. The second-order valence-corrected chi connectivity index (χ2v) is 6.79. The van der Waals surface area contributed by atoms with Gasteiger partial charge in [0, 0.05) is 5.57 Å². The molecule has 0 unspecified atom stereocenters. The van der Waals surface area contributed by atoms with Crippen molar-refractivity contribution in [2.75, 3.05) is 0 Å². The lowest BCUT2D eigenvalue weighted by molar-refractivity contribution is -0.183. The number of carboxylic acid groups (broad SMARTS) is 1. The van der Waals surface area contributed by atoms with Gasteiger partial charge < -0.3 is 15.3 Å². The van der Waals surface area contributed by atoms with Gasteiger partial charge in [-0.15, -0.1) is 0 Å². The van der Waals surface area contributed by atoms with E-state index >= 15 is 0 Å². The molecule has 0 aromatic heterocycles. The highest BCUT2D eigenvalue weighted by atomic mass is 16.4. The number of carbonyl (C=O) groups is 1. The van der Waals surface area contributed by atoms with Crippen LogP contribution in [0.15, 0.2) is 12.2 Å². The van der Waals surface area contributed by atoms with E-state index in [0.717, 1.165) is 19.3 Å². The van der Waals surface area contributed by atoms with Gasteiger partial charge in [0.05, 0.1) is 11.7 Å². The smallest absolute Gasteiger partial charge is 0.331 e. The Morgan fingerprint density at radius 2 is 1.84 bits per heavy atom. The van der Waals surface area contributed by atoms with E-state index in [4.69, 9.17) is 5.11 Å². The molecular weight excluding hydrogens is 244 g/mol. The van der Waals surface area contributed by atoms with Crippen molar-refractivity contribution in [2.45, 2.75) is 57.7 Å². The first-order valence-electron chi connectivity index (χ1n) is 7.01. The van der Waals surface area contributed by atoms with E-state index in [0.29, 0.717) is 12.8 Å². The summed E-state index contributed by atoms with van der Waals surface area (Å²) in [5.41, 5.74) is -0.902. The first-order chi connectivity index (χ1) is 8.68. The van der Waals surface area contributed by atoms with Crippen molar-refractivity contribution in [3.8, 4) is 0 Å². The monoisotopic (exact) mass is 268 g/mol. The molecule has 0 aliphatic heterocycles. The summed E-state index contributed by atoms with van der Waals surface area (Å²) in [6.45, 7) is 7.50. The van der Waals surface area contributed by atoms with Crippen molar-refractivity contribution in [1.82, 2.24) is 0 Å². The molecule has 2 aliphatic rings. The number of aliphatic hydroxyl groups is 2. The fourth-order valence-electron chi connectivity index (χ4n) is 4.09. The van der Waals surface area contributed by atoms with Crippen LogP contribution in [0.3, 0.4) is 0 Å².